The molecule has 0 bridgehead atoms. The Labute approximate surface area is 148 Å². The maximum Gasteiger partial charge on any atom is 0.319 e. The van der Waals surface area contributed by atoms with Crippen molar-refractivity contribution in [3.63, 3.8) is 0 Å². The highest BCUT2D eigenvalue weighted by molar-refractivity contribution is 5.91. The van der Waals surface area contributed by atoms with Crippen LogP contribution in [0.25, 0.3) is 0 Å². The van der Waals surface area contributed by atoms with Gasteiger partial charge in [0, 0.05) is 12.6 Å². The number of benzene rings is 2. The van der Waals surface area contributed by atoms with Crippen LogP contribution < -0.4 is 24.8 Å². The van der Waals surface area contributed by atoms with Gasteiger partial charge in [-0.2, -0.15) is 0 Å². The lowest BCUT2D eigenvalue weighted by atomic mass is 10.2. The molecule has 2 N–H and O–H groups in total. The number of carbonyl (C=O) groups is 1. The van der Waals surface area contributed by atoms with Crippen molar-refractivity contribution in [3.8, 4) is 17.2 Å². The van der Waals surface area contributed by atoms with Crippen LogP contribution in [0.5, 0.6) is 17.2 Å². The number of rotatable bonds is 8. The molecule has 0 heterocycles. The first-order valence-electron chi connectivity index (χ1n) is 8.08. The minimum absolute atomic E-state index is 0.293. The van der Waals surface area contributed by atoms with E-state index in [1.807, 2.05) is 31.2 Å². The molecule has 0 spiro atoms. The topological polar surface area (TPSA) is 68.8 Å². The summed E-state index contributed by atoms with van der Waals surface area (Å²) in [6, 6.07) is 12.8. The number of ether oxygens (including phenoxy) is 3. The Morgan fingerprint density at radius 1 is 1.00 bits per heavy atom. The maximum atomic E-state index is 12.0. The Hall–Kier alpha value is -2.89. The van der Waals surface area contributed by atoms with E-state index in [0.29, 0.717) is 36.8 Å². The molecular formula is C19H24N2O4. The summed E-state index contributed by atoms with van der Waals surface area (Å²) in [4.78, 5) is 12.0. The summed E-state index contributed by atoms with van der Waals surface area (Å²) in [6.45, 7) is 3.08. The van der Waals surface area contributed by atoms with Crippen molar-refractivity contribution in [2.24, 2.45) is 0 Å². The Morgan fingerprint density at radius 3 is 2.40 bits per heavy atom. The van der Waals surface area contributed by atoms with Crippen molar-refractivity contribution in [1.29, 1.82) is 0 Å². The van der Waals surface area contributed by atoms with Crippen LogP contribution in [0, 0.1) is 6.92 Å². The van der Waals surface area contributed by atoms with Crippen molar-refractivity contribution in [2.75, 3.05) is 32.7 Å². The normalized spacial score (nSPS) is 10.0. The van der Waals surface area contributed by atoms with Gasteiger partial charge in [0.2, 0.25) is 0 Å². The number of amides is 2. The smallest absolute Gasteiger partial charge is 0.319 e. The highest BCUT2D eigenvalue weighted by atomic mass is 16.5. The molecule has 0 saturated heterocycles. The lowest BCUT2D eigenvalue weighted by molar-refractivity contribution is 0.250. The summed E-state index contributed by atoms with van der Waals surface area (Å²) in [5, 5.41) is 5.55. The van der Waals surface area contributed by atoms with Crippen molar-refractivity contribution in [1.82, 2.24) is 5.32 Å². The third-order valence-corrected chi connectivity index (χ3v) is 3.55. The summed E-state index contributed by atoms with van der Waals surface area (Å²) in [5.74, 6) is 2.03. The SMILES string of the molecule is COc1ccc(NC(=O)NCCCOc2ccc(C)cc2)c(OC)c1. The van der Waals surface area contributed by atoms with E-state index < -0.39 is 0 Å². The van der Waals surface area contributed by atoms with Gasteiger partial charge in [0.25, 0.3) is 0 Å². The van der Waals surface area contributed by atoms with E-state index in [-0.39, 0.29) is 6.03 Å². The molecular weight excluding hydrogens is 320 g/mol. The Balaban J connectivity index is 1.71. The van der Waals surface area contributed by atoms with Crippen LogP contribution >= 0.6 is 0 Å². The second-order valence-electron chi connectivity index (χ2n) is 5.46. The third-order valence-electron chi connectivity index (χ3n) is 3.55. The Morgan fingerprint density at radius 2 is 1.72 bits per heavy atom. The fourth-order valence-corrected chi connectivity index (χ4v) is 2.17. The van der Waals surface area contributed by atoms with Crippen molar-refractivity contribution >= 4 is 11.7 Å². The minimum Gasteiger partial charge on any atom is -0.497 e. The zero-order valence-electron chi connectivity index (χ0n) is 14.8. The monoisotopic (exact) mass is 344 g/mol. The molecule has 2 aromatic carbocycles. The van der Waals surface area contributed by atoms with Crippen LogP contribution in [0.1, 0.15) is 12.0 Å². The highest BCUT2D eigenvalue weighted by Gasteiger charge is 2.08. The molecule has 2 rings (SSSR count). The second-order valence-corrected chi connectivity index (χ2v) is 5.46. The van der Waals surface area contributed by atoms with Crippen molar-refractivity contribution in [2.45, 2.75) is 13.3 Å². The van der Waals surface area contributed by atoms with Crippen LogP contribution in [0.3, 0.4) is 0 Å². The lowest BCUT2D eigenvalue weighted by Crippen LogP contribution is -2.30. The Kier molecular flexibility index (Phi) is 6.95. The predicted octanol–water partition coefficient (Wildman–Crippen LogP) is 3.60. The molecule has 6 heteroatoms. The van der Waals surface area contributed by atoms with E-state index in [9.17, 15) is 4.79 Å². The van der Waals surface area contributed by atoms with Crippen LogP contribution in [0.4, 0.5) is 10.5 Å². The van der Waals surface area contributed by atoms with Gasteiger partial charge in [0.1, 0.15) is 17.2 Å². The molecule has 0 aliphatic carbocycles. The average Bonchev–Trinajstić information content (AvgIpc) is 2.63. The van der Waals surface area contributed by atoms with Crippen molar-refractivity contribution < 1.29 is 19.0 Å². The number of methoxy groups -OCH3 is 2. The van der Waals surface area contributed by atoms with E-state index in [1.165, 1.54) is 5.56 Å². The zero-order valence-corrected chi connectivity index (χ0v) is 14.8. The number of anilines is 1. The summed E-state index contributed by atoms with van der Waals surface area (Å²) < 4.78 is 16.0. The van der Waals surface area contributed by atoms with Gasteiger partial charge >= 0.3 is 6.03 Å². The summed E-state index contributed by atoms with van der Waals surface area (Å²) in [7, 11) is 3.12. The van der Waals surface area contributed by atoms with Gasteiger partial charge in [-0.05, 0) is 37.6 Å². The number of hydrogen-bond donors (Lipinski definition) is 2. The number of hydrogen-bond acceptors (Lipinski definition) is 4. The number of carbonyl (C=O) groups excluding carboxylic acids is 1. The van der Waals surface area contributed by atoms with Gasteiger partial charge < -0.3 is 24.8 Å². The van der Waals surface area contributed by atoms with Crippen LogP contribution in [0.2, 0.25) is 0 Å². The highest BCUT2D eigenvalue weighted by Crippen LogP contribution is 2.28. The quantitative estimate of drug-likeness (QED) is 0.718. The summed E-state index contributed by atoms with van der Waals surface area (Å²) in [6.07, 6.45) is 0.709. The van der Waals surface area contributed by atoms with E-state index in [4.69, 9.17) is 14.2 Å². The first-order chi connectivity index (χ1) is 12.1. The van der Waals surface area contributed by atoms with Crippen LogP contribution in [-0.2, 0) is 0 Å². The van der Waals surface area contributed by atoms with Crippen LogP contribution in [-0.4, -0.2) is 33.4 Å². The predicted molar refractivity (Wildman–Crippen MR) is 97.9 cm³/mol. The fourth-order valence-electron chi connectivity index (χ4n) is 2.17. The molecule has 6 nitrogen and oxygen atoms in total. The van der Waals surface area contributed by atoms with E-state index in [0.717, 1.165) is 5.75 Å². The molecule has 0 saturated carbocycles. The van der Waals surface area contributed by atoms with Gasteiger partial charge in [-0.15, -0.1) is 0 Å². The molecule has 2 aromatic rings. The molecule has 0 radical (unpaired) electrons. The molecule has 0 unspecified atom stereocenters. The van der Waals surface area contributed by atoms with Crippen LogP contribution in [0.15, 0.2) is 42.5 Å². The standard InChI is InChI=1S/C19H24N2O4/c1-14-5-7-15(8-6-14)25-12-4-11-20-19(22)21-17-10-9-16(23-2)13-18(17)24-3/h5-10,13H,4,11-12H2,1-3H3,(H2,20,21,22). The van der Waals surface area contributed by atoms with Gasteiger partial charge in [-0.1, -0.05) is 17.7 Å². The third kappa shape index (κ3) is 5.91. The van der Waals surface area contributed by atoms with Gasteiger partial charge in [-0.3, -0.25) is 0 Å². The average molecular weight is 344 g/mol. The second kappa shape index (κ2) is 9.42. The molecule has 134 valence electrons. The first-order valence-corrected chi connectivity index (χ1v) is 8.08. The molecule has 0 aliphatic rings. The number of nitrogens with one attached hydrogen (secondary N) is 2. The number of urea groups is 1. The minimum atomic E-state index is -0.293. The lowest BCUT2D eigenvalue weighted by Gasteiger charge is -2.12. The Bertz CT molecular complexity index is 686. The van der Waals surface area contributed by atoms with E-state index in [1.54, 1.807) is 32.4 Å². The largest absolute Gasteiger partial charge is 0.497 e. The molecule has 25 heavy (non-hydrogen) atoms. The molecule has 0 aromatic heterocycles. The molecule has 0 atom stereocenters. The summed E-state index contributed by atoms with van der Waals surface area (Å²) >= 11 is 0. The van der Waals surface area contributed by atoms with E-state index >= 15 is 0 Å². The van der Waals surface area contributed by atoms with E-state index in [2.05, 4.69) is 10.6 Å². The number of aryl methyl sites for hydroxylation is 1. The molecule has 0 fully saturated rings. The molecule has 2 amide bonds. The first kappa shape index (κ1) is 18.4. The fraction of sp³-hybridized carbons (Fsp3) is 0.316. The molecule has 0 aliphatic heterocycles. The maximum absolute atomic E-state index is 12.0. The van der Waals surface area contributed by atoms with Gasteiger partial charge in [0.05, 0.1) is 26.5 Å². The summed E-state index contributed by atoms with van der Waals surface area (Å²) in [5.41, 5.74) is 1.77. The van der Waals surface area contributed by atoms with Gasteiger partial charge in [-0.25, -0.2) is 4.79 Å². The van der Waals surface area contributed by atoms with Gasteiger partial charge in [0.15, 0.2) is 0 Å². The van der Waals surface area contributed by atoms with Crippen molar-refractivity contribution in [3.05, 3.63) is 48.0 Å². The zero-order chi connectivity index (χ0) is 18.1.